The van der Waals surface area contributed by atoms with Crippen LogP contribution in [-0.4, -0.2) is 42.3 Å². The van der Waals surface area contributed by atoms with Crippen molar-refractivity contribution in [2.24, 2.45) is 0 Å². The van der Waals surface area contributed by atoms with Gasteiger partial charge in [-0.25, -0.2) is 13.2 Å². The zero-order chi connectivity index (χ0) is 19.0. The Morgan fingerprint density at radius 1 is 1.24 bits per heavy atom. The quantitative estimate of drug-likeness (QED) is 0.620. The molecule has 0 bridgehead atoms. The van der Waals surface area contributed by atoms with Crippen molar-refractivity contribution < 1.29 is 27.5 Å². The standard InChI is InChI=1S/C15H17ClN2O6S/c1-15(2,3)24-12(19)8-11-13(20)18(14(21)17-11)25(22,23)10-6-4-9(16)5-7-10/h4-7,11H,8H2,1-3H3,(H,17,21)/t11-/m0/s1. The van der Waals surface area contributed by atoms with Crippen molar-refractivity contribution in [1.29, 1.82) is 0 Å². The van der Waals surface area contributed by atoms with Crippen LogP contribution in [0, 0.1) is 0 Å². The van der Waals surface area contributed by atoms with E-state index in [1.54, 1.807) is 20.8 Å². The van der Waals surface area contributed by atoms with Gasteiger partial charge in [-0.2, -0.15) is 0 Å². The Bertz CT molecular complexity index is 813. The van der Waals surface area contributed by atoms with Crippen molar-refractivity contribution in [3.05, 3.63) is 29.3 Å². The molecule has 1 fully saturated rings. The minimum Gasteiger partial charge on any atom is -0.460 e. The maximum atomic E-state index is 12.5. The molecular formula is C15H17ClN2O6S. The van der Waals surface area contributed by atoms with E-state index in [1.165, 1.54) is 24.3 Å². The van der Waals surface area contributed by atoms with E-state index in [1.807, 2.05) is 0 Å². The predicted octanol–water partition coefficient (Wildman–Crippen LogP) is 1.68. The summed E-state index contributed by atoms with van der Waals surface area (Å²) in [5.74, 6) is -1.76. The van der Waals surface area contributed by atoms with Crippen LogP contribution in [0.2, 0.25) is 5.02 Å². The van der Waals surface area contributed by atoms with E-state index < -0.39 is 46.0 Å². The molecule has 1 aliphatic rings. The number of hydrogen-bond donors (Lipinski definition) is 1. The molecule has 0 radical (unpaired) electrons. The first kappa shape index (κ1) is 19.2. The lowest BCUT2D eigenvalue weighted by molar-refractivity contribution is -0.156. The van der Waals surface area contributed by atoms with E-state index in [0.717, 1.165) is 0 Å². The molecule has 8 nitrogen and oxygen atoms in total. The highest BCUT2D eigenvalue weighted by Crippen LogP contribution is 2.23. The highest BCUT2D eigenvalue weighted by atomic mass is 35.5. The van der Waals surface area contributed by atoms with Gasteiger partial charge in [0, 0.05) is 5.02 Å². The number of benzene rings is 1. The van der Waals surface area contributed by atoms with Gasteiger partial charge in [0.2, 0.25) is 0 Å². The molecule has 1 N–H and O–H groups in total. The van der Waals surface area contributed by atoms with Gasteiger partial charge in [0.25, 0.3) is 15.9 Å². The molecule has 1 saturated heterocycles. The lowest BCUT2D eigenvalue weighted by Gasteiger charge is -2.20. The van der Waals surface area contributed by atoms with E-state index in [-0.39, 0.29) is 9.20 Å². The monoisotopic (exact) mass is 388 g/mol. The van der Waals surface area contributed by atoms with Crippen LogP contribution < -0.4 is 5.32 Å². The summed E-state index contributed by atoms with van der Waals surface area (Å²) in [7, 11) is -4.40. The largest absolute Gasteiger partial charge is 0.460 e. The smallest absolute Gasteiger partial charge is 0.339 e. The number of sulfonamides is 1. The van der Waals surface area contributed by atoms with E-state index in [9.17, 15) is 22.8 Å². The molecular weight excluding hydrogens is 372 g/mol. The van der Waals surface area contributed by atoms with Crippen LogP contribution in [0.25, 0.3) is 0 Å². The molecule has 10 heteroatoms. The number of esters is 1. The summed E-state index contributed by atoms with van der Waals surface area (Å²) in [6.07, 6.45) is -0.464. The predicted molar refractivity (Wildman–Crippen MR) is 88.3 cm³/mol. The van der Waals surface area contributed by atoms with Crippen LogP contribution in [0.1, 0.15) is 27.2 Å². The van der Waals surface area contributed by atoms with E-state index in [2.05, 4.69) is 5.32 Å². The van der Waals surface area contributed by atoms with E-state index in [4.69, 9.17) is 16.3 Å². The van der Waals surface area contributed by atoms with Gasteiger partial charge in [0.1, 0.15) is 11.6 Å². The SMILES string of the molecule is CC(C)(C)OC(=O)C[C@@H]1NC(=O)N(S(=O)(=O)c2ccc(Cl)cc2)C1=O. The first-order chi connectivity index (χ1) is 11.4. The highest BCUT2D eigenvalue weighted by molar-refractivity contribution is 7.90. The van der Waals surface area contributed by atoms with Crippen LogP contribution in [0.3, 0.4) is 0 Å². The number of ether oxygens (including phenoxy) is 1. The first-order valence-electron chi connectivity index (χ1n) is 7.29. The summed E-state index contributed by atoms with van der Waals surface area (Å²) in [6, 6.07) is 2.59. The number of nitrogens with zero attached hydrogens (tertiary/aromatic N) is 1. The summed E-state index contributed by atoms with van der Waals surface area (Å²) >= 11 is 5.71. The van der Waals surface area contributed by atoms with E-state index in [0.29, 0.717) is 5.02 Å². The Morgan fingerprint density at radius 2 is 1.80 bits per heavy atom. The van der Waals surface area contributed by atoms with Gasteiger partial charge in [-0.05, 0) is 45.0 Å². The Hall–Kier alpha value is -2.13. The Morgan fingerprint density at radius 3 is 2.32 bits per heavy atom. The molecule has 1 aromatic carbocycles. The number of rotatable bonds is 4. The van der Waals surface area contributed by atoms with Crippen molar-refractivity contribution >= 4 is 39.5 Å². The minimum absolute atomic E-state index is 0.116. The molecule has 0 aromatic heterocycles. The molecule has 0 spiro atoms. The molecule has 0 saturated carbocycles. The average molecular weight is 389 g/mol. The van der Waals surface area contributed by atoms with Gasteiger partial charge < -0.3 is 10.1 Å². The first-order valence-corrected chi connectivity index (χ1v) is 9.11. The highest BCUT2D eigenvalue weighted by Gasteiger charge is 2.47. The Balaban J connectivity index is 2.21. The number of imide groups is 1. The molecule has 1 aliphatic heterocycles. The lowest BCUT2D eigenvalue weighted by atomic mass is 10.1. The number of carbonyl (C=O) groups excluding carboxylic acids is 3. The zero-order valence-corrected chi connectivity index (χ0v) is 15.3. The molecule has 1 aromatic rings. The third-order valence-corrected chi connectivity index (χ3v) is 5.07. The number of carbonyl (C=O) groups is 3. The van der Waals surface area contributed by atoms with Gasteiger partial charge >= 0.3 is 12.0 Å². The fourth-order valence-electron chi connectivity index (χ4n) is 2.14. The second-order valence-corrected chi connectivity index (χ2v) is 8.58. The fraction of sp³-hybridized carbons (Fsp3) is 0.400. The maximum absolute atomic E-state index is 12.5. The Kier molecular flexibility index (Phi) is 5.10. The van der Waals surface area contributed by atoms with Crippen molar-refractivity contribution in [2.45, 2.75) is 43.7 Å². The molecule has 0 aliphatic carbocycles. The van der Waals surface area contributed by atoms with Gasteiger partial charge in [-0.1, -0.05) is 11.6 Å². The van der Waals surface area contributed by atoms with Crippen LogP contribution in [0.15, 0.2) is 29.2 Å². The normalized spacial score (nSPS) is 18.2. The minimum atomic E-state index is -4.40. The number of nitrogens with one attached hydrogen (secondary N) is 1. The summed E-state index contributed by atoms with van der Waals surface area (Å²) in [6.45, 7) is 4.95. The number of urea groups is 1. The van der Waals surface area contributed by atoms with E-state index >= 15 is 0 Å². The second-order valence-electron chi connectivity index (χ2n) is 6.35. The van der Waals surface area contributed by atoms with Crippen molar-refractivity contribution in [3.63, 3.8) is 0 Å². The van der Waals surface area contributed by atoms with Gasteiger partial charge in [0.15, 0.2) is 0 Å². The molecule has 2 rings (SSSR count). The molecule has 0 unspecified atom stereocenters. The van der Waals surface area contributed by atoms with Crippen LogP contribution in [-0.2, 0) is 24.3 Å². The lowest BCUT2D eigenvalue weighted by Crippen LogP contribution is -2.38. The number of amides is 3. The topological polar surface area (TPSA) is 110 Å². The zero-order valence-electron chi connectivity index (χ0n) is 13.8. The van der Waals surface area contributed by atoms with Gasteiger partial charge in [-0.3, -0.25) is 9.59 Å². The molecule has 3 amide bonds. The second kappa shape index (κ2) is 6.64. The van der Waals surface area contributed by atoms with Gasteiger partial charge in [0.05, 0.1) is 11.3 Å². The van der Waals surface area contributed by atoms with Crippen LogP contribution >= 0.6 is 11.6 Å². The summed E-state index contributed by atoms with van der Waals surface area (Å²) in [4.78, 5) is 35.9. The summed E-state index contributed by atoms with van der Waals surface area (Å²) in [5, 5.41) is 2.49. The summed E-state index contributed by atoms with van der Waals surface area (Å²) < 4.78 is 30.2. The number of halogens is 1. The molecule has 1 atom stereocenters. The third kappa shape index (κ3) is 4.29. The average Bonchev–Trinajstić information content (AvgIpc) is 2.72. The fourth-order valence-corrected chi connectivity index (χ4v) is 3.59. The third-order valence-electron chi connectivity index (χ3n) is 3.12. The van der Waals surface area contributed by atoms with Crippen LogP contribution in [0.5, 0.6) is 0 Å². The van der Waals surface area contributed by atoms with Crippen LogP contribution in [0.4, 0.5) is 4.79 Å². The summed E-state index contributed by atoms with van der Waals surface area (Å²) in [5.41, 5.74) is -0.766. The number of hydrogen-bond acceptors (Lipinski definition) is 6. The Labute approximate surface area is 150 Å². The van der Waals surface area contributed by atoms with Crippen molar-refractivity contribution in [3.8, 4) is 0 Å². The van der Waals surface area contributed by atoms with Gasteiger partial charge in [-0.15, -0.1) is 4.31 Å². The molecule has 25 heavy (non-hydrogen) atoms. The molecule has 136 valence electrons. The van der Waals surface area contributed by atoms with Crippen molar-refractivity contribution in [1.82, 2.24) is 9.62 Å². The maximum Gasteiger partial charge on any atom is 0.339 e. The molecule has 1 heterocycles. The van der Waals surface area contributed by atoms with Crippen molar-refractivity contribution in [2.75, 3.05) is 0 Å².